The van der Waals surface area contributed by atoms with E-state index in [1.165, 1.54) is 6.07 Å². The Labute approximate surface area is 122 Å². The minimum absolute atomic E-state index is 0.0129. The van der Waals surface area contributed by atoms with Gasteiger partial charge in [0.25, 0.3) is 5.69 Å². The van der Waals surface area contributed by atoms with Gasteiger partial charge < -0.3 is 9.84 Å². The summed E-state index contributed by atoms with van der Waals surface area (Å²) >= 11 is 0. The van der Waals surface area contributed by atoms with E-state index in [0.29, 0.717) is 17.2 Å². The maximum atomic E-state index is 11.1. The van der Waals surface area contributed by atoms with Crippen LogP contribution in [0.4, 0.5) is 5.69 Å². The van der Waals surface area contributed by atoms with Crippen molar-refractivity contribution < 1.29 is 19.6 Å². The molecule has 21 heavy (non-hydrogen) atoms. The molecule has 0 bridgehead atoms. The van der Waals surface area contributed by atoms with E-state index in [1.807, 2.05) is 0 Å². The van der Waals surface area contributed by atoms with E-state index in [9.17, 15) is 14.9 Å². The molecule has 0 spiro atoms. The molecule has 0 saturated heterocycles. The standard InChI is InChI=1S/C15H19NO5/c1-9-5-3-4-6-13(9)21-14-8-11(15(17)18)7-12(10(14)2)16(19)20/h7-9,13H,3-6H2,1-2H3,(H,17,18). The van der Waals surface area contributed by atoms with Crippen LogP contribution >= 0.6 is 0 Å². The van der Waals surface area contributed by atoms with E-state index in [0.717, 1.165) is 31.7 Å². The number of rotatable bonds is 4. The number of benzene rings is 1. The Bertz CT molecular complexity index is 569. The van der Waals surface area contributed by atoms with Crippen LogP contribution < -0.4 is 4.74 Å². The van der Waals surface area contributed by atoms with E-state index in [2.05, 4.69) is 6.92 Å². The average Bonchev–Trinajstić information content (AvgIpc) is 2.42. The number of carboxylic acid groups (broad SMARTS) is 1. The van der Waals surface area contributed by atoms with Crippen molar-refractivity contribution in [1.29, 1.82) is 0 Å². The van der Waals surface area contributed by atoms with Crippen LogP contribution in [0.1, 0.15) is 48.5 Å². The summed E-state index contributed by atoms with van der Waals surface area (Å²) in [5.41, 5.74) is 0.0434. The molecule has 0 radical (unpaired) electrons. The number of nitrogens with zero attached hydrogens (tertiary/aromatic N) is 1. The number of ether oxygens (including phenoxy) is 1. The Morgan fingerprint density at radius 1 is 1.38 bits per heavy atom. The zero-order chi connectivity index (χ0) is 15.6. The lowest BCUT2D eigenvalue weighted by Crippen LogP contribution is -2.28. The highest BCUT2D eigenvalue weighted by Crippen LogP contribution is 2.34. The van der Waals surface area contributed by atoms with Crippen LogP contribution in [0.3, 0.4) is 0 Å². The molecule has 6 nitrogen and oxygen atoms in total. The number of hydrogen-bond donors (Lipinski definition) is 1. The largest absolute Gasteiger partial charge is 0.490 e. The Morgan fingerprint density at radius 3 is 2.62 bits per heavy atom. The summed E-state index contributed by atoms with van der Waals surface area (Å²) in [6.07, 6.45) is 4.17. The van der Waals surface area contributed by atoms with Gasteiger partial charge in [0.1, 0.15) is 11.9 Å². The third-order valence-corrected chi connectivity index (χ3v) is 4.09. The Kier molecular flexibility index (Phi) is 4.45. The highest BCUT2D eigenvalue weighted by Gasteiger charge is 2.26. The summed E-state index contributed by atoms with van der Waals surface area (Å²) in [6, 6.07) is 2.46. The second-order valence-corrected chi connectivity index (χ2v) is 5.60. The van der Waals surface area contributed by atoms with Gasteiger partial charge in [0, 0.05) is 6.07 Å². The van der Waals surface area contributed by atoms with Gasteiger partial charge in [0.15, 0.2) is 0 Å². The number of carboxylic acids is 1. The fourth-order valence-corrected chi connectivity index (χ4v) is 2.73. The van der Waals surface area contributed by atoms with Gasteiger partial charge >= 0.3 is 5.97 Å². The van der Waals surface area contributed by atoms with E-state index in [-0.39, 0.29) is 17.4 Å². The summed E-state index contributed by atoms with van der Waals surface area (Å²) in [6.45, 7) is 3.68. The molecular formula is C15H19NO5. The molecule has 0 heterocycles. The Balaban J connectivity index is 2.37. The normalized spacial score (nSPS) is 21.8. The maximum absolute atomic E-state index is 11.1. The number of aromatic carboxylic acids is 1. The van der Waals surface area contributed by atoms with E-state index >= 15 is 0 Å². The first kappa shape index (κ1) is 15.3. The van der Waals surface area contributed by atoms with Crippen LogP contribution in [0.25, 0.3) is 0 Å². The van der Waals surface area contributed by atoms with Crippen molar-refractivity contribution in [3.63, 3.8) is 0 Å². The minimum atomic E-state index is -1.19. The summed E-state index contributed by atoms with van der Waals surface area (Å²) in [5.74, 6) is -0.523. The molecular weight excluding hydrogens is 274 g/mol. The summed E-state index contributed by atoms with van der Waals surface area (Å²) in [7, 11) is 0. The predicted molar refractivity (Wildman–Crippen MR) is 76.8 cm³/mol. The molecule has 0 aromatic heterocycles. The van der Waals surface area contributed by atoms with Crippen LogP contribution in [0.5, 0.6) is 5.75 Å². The van der Waals surface area contributed by atoms with Crippen molar-refractivity contribution >= 4 is 11.7 Å². The minimum Gasteiger partial charge on any atom is -0.490 e. The number of nitro groups is 1. The number of hydrogen-bond acceptors (Lipinski definition) is 4. The molecule has 2 rings (SSSR count). The molecule has 0 aliphatic heterocycles. The molecule has 114 valence electrons. The highest BCUT2D eigenvalue weighted by molar-refractivity contribution is 5.89. The van der Waals surface area contributed by atoms with E-state index in [4.69, 9.17) is 9.84 Å². The lowest BCUT2D eigenvalue weighted by atomic mass is 9.88. The Hall–Kier alpha value is -2.11. The van der Waals surface area contributed by atoms with Crippen molar-refractivity contribution in [3.8, 4) is 5.75 Å². The second kappa shape index (κ2) is 6.11. The molecule has 1 fully saturated rings. The molecule has 1 N–H and O–H groups in total. The van der Waals surface area contributed by atoms with Gasteiger partial charge in [0.05, 0.1) is 16.1 Å². The first-order chi connectivity index (χ1) is 9.90. The molecule has 2 atom stereocenters. The fourth-order valence-electron chi connectivity index (χ4n) is 2.73. The quantitative estimate of drug-likeness (QED) is 0.677. The SMILES string of the molecule is Cc1c(OC2CCCCC2C)cc(C(=O)O)cc1[N+](=O)[O-]. The number of nitro benzene ring substituents is 1. The molecule has 1 aliphatic rings. The smallest absolute Gasteiger partial charge is 0.336 e. The monoisotopic (exact) mass is 293 g/mol. The van der Waals surface area contributed by atoms with E-state index < -0.39 is 10.9 Å². The summed E-state index contributed by atoms with van der Waals surface area (Å²) in [5, 5.41) is 20.1. The van der Waals surface area contributed by atoms with Crippen LogP contribution in [-0.4, -0.2) is 22.1 Å². The summed E-state index contributed by atoms with van der Waals surface area (Å²) in [4.78, 5) is 21.6. The molecule has 1 aliphatic carbocycles. The first-order valence-corrected chi connectivity index (χ1v) is 7.09. The van der Waals surface area contributed by atoms with Crippen LogP contribution in [-0.2, 0) is 0 Å². The van der Waals surface area contributed by atoms with Crippen molar-refractivity contribution in [2.75, 3.05) is 0 Å². The molecule has 0 amide bonds. The summed E-state index contributed by atoms with van der Waals surface area (Å²) < 4.78 is 5.91. The van der Waals surface area contributed by atoms with Gasteiger partial charge in [-0.3, -0.25) is 10.1 Å². The third kappa shape index (κ3) is 3.32. The van der Waals surface area contributed by atoms with Gasteiger partial charge in [-0.25, -0.2) is 4.79 Å². The molecule has 6 heteroatoms. The van der Waals surface area contributed by atoms with Gasteiger partial charge in [-0.1, -0.05) is 13.3 Å². The first-order valence-electron chi connectivity index (χ1n) is 7.09. The van der Waals surface area contributed by atoms with Crippen LogP contribution in [0.2, 0.25) is 0 Å². The lowest BCUT2D eigenvalue weighted by Gasteiger charge is -2.29. The maximum Gasteiger partial charge on any atom is 0.336 e. The van der Waals surface area contributed by atoms with Crippen molar-refractivity contribution in [2.45, 2.75) is 45.6 Å². The molecule has 2 unspecified atom stereocenters. The average molecular weight is 293 g/mol. The van der Waals surface area contributed by atoms with Crippen molar-refractivity contribution in [3.05, 3.63) is 33.4 Å². The topological polar surface area (TPSA) is 89.7 Å². The zero-order valence-electron chi connectivity index (χ0n) is 12.2. The van der Waals surface area contributed by atoms with Gasteiger partial charge in [0.2, 0.25) is 0 Å². The lowest BCUT2D eigenvalue weighted by molar-refractivity contribution is -0.385. The Morgan fingerprint density at radius 2 is 2.05 bits per heavy atom. The van der Waals surface area contributed by atoms with Crippen molar-refractivity contribution in [2.24, 2.45) is 5.92 Å². The second-order valence-electron chi connectivity index (χ2n) is 5.60. The predicted octanol–water partition coefficient (Wildman–Crippen LogP) is 3.56. The fraction of sp³-hybridized carbons (Fsp3) is 0.533. The molecule has 1 saturated carbocycles. The van der Waals surface area contributed by atoms with Crippen LogP contribution in [0, 0.1) is 23.0 Å². The van der Waals surface area contributed by atoms with E-state index in [1.54, 1.807) is 6.92 Å². The highest BCUT2D eigenvalue weighted by atomic mass is 16.6. The van der Waals surface area contributed by atoms with Crippen LogP contribution in [0.15, 0.2) is 12.1 Å². The number of carbonyl (C=O) groups is 1. The van der Waals surface area contributed by atoms with Crippen molar-refractivity contribution in [1.82, 2.24) is 0 Å². The molecule has 1 aromatic rings. The van der Waals surface area contributed by atoms with Gasteiger partial charge in [-0.15, -0.1) is 0 Å². The third-order valence-electron chi connectivity index (χ3n) is 4.09. The molecule has 1 aromatic carbocycles. The van der Waals surface area contributed by atoms with Gasteiger partial charge in [-0.05, 0) is 38.2 Å². The van der Waals surface area contributed by atoms with Gasteiger partial charge in [-0.2, -0.15) is 0 Å². The zero-order valence-corrected chi connectivity index (χ0v) is 12.2.